The molecule has 0 aliphatic heterocycles. The van der Waals surface area contributed by atoms with Crippen molar-refractivity contribution in [2.45, 2.75) is 6.92 Å². The Kier molecular flexibility index (Phi) is 4.69. The van der Waals surface area contributed by atoms with Gasteiger partial charge >= 0.3 is 6.03 Å². The number of amides is 2. The van der Waals surface area contributed by atoms with Gasteiger partial charge in [-0.1, -0.05) is 0 Å². The molecule has 11 heavy (non-hydrogen) atoms. The van der Waals surface area contributed by atoms with Crippen molar-refractivity contribution in [1.29, 1.82) is 0 Å². The van der Waals surface area contributed by atoms with Crippen LogP contribution in [0.2, 0.25) is 0 Å². The Morgan fingerprint density at radius 3 is 2.64 bits per heavy atom. The maximum atomic E-state index is 10.5. The molecule has 0 aliphatic rings. The van der Waals surface area contributed by atoms with Crippen molar-refractivity contribution in [3.05, 3.63) is 0 Å². The minimum atomic E-state index is -0.537. The molecule has 0 rings (SSSR count). The van der Waals surface area contributed by atoms with Crippen molar-refractivity contribution >= 4 is 23.5 Å². The largest absolute Gasteiger partial charge is 0.350 e. The molecule has 5 heteroatoms. The molecule has 0 spiro atoms. The van der Waals surface area contributed by atoms with E-state index in [1.807, 2.05) is 13.2 Å². The highest BCUT2D eigenvalue weighted by Gasteiger charge is 1.99. The Labute approximate surface area is 70.8 Å². The summed E-state index contributed by atoms with van der Waals surface area (Å²) in [6.45, 7) is 1.86. The third kappa shape index (κ3) is 4.66. The molecule has 0 heterocycles. The fraction of sp³-hybridized carbons (Fsp3) is 0.667. The van der Waals surface area contributed by atoms with Crippen LogP contribution >= 0.6 is 11.8 Å². The topological polar surface area (TPSA) is 58.7 Å². The van der Waals surface area contributed by atoms with Crippen LogP contribution in [0.25, 0.3) is 0 Å². The van der Waals surface area contributed by atoms with Crippen molar-refractivity contribution in [2.24, 2.45) is 10.8 Å². The van der Waals surface area contributed by atoms with Gasteiger partial charge in [0.2, 0.25) is 0 Å². The number of hydrogen-bond acceptors (Lipinski definition) is 3. The number of nitrogens with two attached hydrogens (primary N) is 1. The third-order valence-electron chi connectivity index (χ3n) is 0.993. The molecule has 0 radical (unpaired) electrons. The smallest absolute Gasteiger partial charge is 0.334 e. The van der Waals surface area contributed by atoms with Crippen LogP contribution in [0, 0.1) is 0 Å². The van der Waals surface area contributed by atoms with Crippen molar-refractivity contribution in [2.75, 3.05) is 19.1 Å². The quantitative estimate of drug-likeness (QED) is 0.508. The fourth-order valence-electron chi connectivity index (χ4n) is 0.543. The highest BCUT2D eigenvalue weighted by atomic mass is 32.2. The van der Waals surface area contributed by atoms with Crippen LogP contribution in [-0.2, 0) is 0 Å². The number of rotatable bonds is 3. The predicted molar refractivity (Wildman–Crippen MR) is 48.8 cm³/mol. The molecule has 4 nitrogen and oxygen atoms in total. The fourth-order valence-corrected chi connectivity index (χ4v) is 1.02. The first-order valence-electron chi connectivity index (χ1n) is 3.14. The van der Waals surface area contributed by atoms with E-state index in [9.17, 15) is 4.79 Å². The summed E-state index contributed by atoms with van der Waals surface area (Å²) >= 11 is 1.65. The Balaban J connectivity index is 3.96. The van der Waals surface area contributed by atoms with E-state index in [1.165, 1.54) is 7.05 Å². The number of nitrogens with zero attached hydrogens (tertiary/aromatic N) is 2. The van der Waals surface area contributed by atoms with Gasteiger partial charge in [0.1, 0.15) is 0 Å². The molecule has 0 bridgehead atoms. The zero-order valence-electron chi connectivity index (χ0n) is 7.00. The van der Waals surface area contributed by atoms with Crippen LogP contribution < -0.4 is 5.73 Å². The number of thioether (sulfide) groups is 1. The Bertz CT molecular complexity index is 169. The highest BCUT2D eigenvalue weighted by Crippen LogP contribution is 1.94. The van der Waals surface area contributed by atoms with Crippen molar-refractivity contribution in [1.82, 2.24) is 5.01 Å². The van der Waals surface area contributed by atoms with Crippen LogP contribution in [0.1, 0.15) is 6.92 Å². The SMILES string of the molecule is CSCC(C)=NN(C)C(N)=O. The molecule has 0 atom stereocenters. The summed E-state index contributed by atoms with van der Waals surface area (Å²) in [5.74, 6) is 0.817. The molecule has 0 fully saturated rings. The molecular weight excluding hydrogens is 162 g/mol. The molecule has 0 saturated heterocycles. The van der Waals surface area contributed by atoms with E-state index in [1.54, 1.807) is 11.8 Å². The Morgan fingerprint density at radius 2 is 2.27 bits per heavy atom. The van der Waals surface area contributed by atoms with Crippen molar-refractivity contribution in [3.8, 4) is 0 Å². The van der Waals surface area contributed by atoms with Crippen LogP contribution in [0.15, 0.2) is 5.10 Å². The first-order chi connectivity index (χ1) is 5.07. The van der Waals surface area contributed by atoms with E-state index >= 15 is 0 Å². The predicted octanol–water partition coefficient (Wildman–Crippen LogP) is 0.736. The van der Waals surface area contributed by atoms with E-state index < -0.39 is 6.03 Å². The van der Waals surface area contributed by atoms with Gasteiger partial charge in [-0.3, -0.25) is 0 Å². The first-order valence-corrected chi connectivity index (χ1v) is 4.53. The molecule has 64 valence electrons. The van der Waals surface area contributed by atoms with Crippen LogP contribution in [0.4, 0.5) is 4.79 Å². The second-order valence-corrected chi connectivity index (χ2v) is 3.00. The number of carbonyl (C=O) groups is 1. The summed E-state index contributed by atoms with van der Waals surface area (Å²) in [6.07, 6.45) is 1.98. The molecule has 0 unspecified atom stereocenters. The summed E-state index contributed by atoms with van der Waals surface area (Å²) in [5, 5.41) is 5.05. The molecule has 0 aromatic carbocycles. The minimum absolute atomic E-state index is 0.537. The second-order valence-electron chi connectivity index (χ2n) is 2.13. The molecule has 0 saturated carbocycles. The van der Waals surface area contributed by atoms with Crippen LogP contribution in [0.5, 0.6) is 0 Å². The maximum absolute atomic E-state index is 10.5. The summed E-state index contributed by atoms with van der Waals surface area (Å²) < 4.78 is 0. The maximum Gasteiger partial charge on any atom is 0.334 e. The van der Waals surface area contributed by atoms with Crippen molar-refractivity contribution in [3.63, 3.8) is 0 Å². The van der Waals surface area contributed by atoms with Gasteiger partial charge in [0.15, 0.2) is 0 Å². The molecule has 2 N–H and O–H groups in total. The normalized spacial score (nSPS) is 11.4. The van der Waals surface area contributed by atoms with E-state index in [-0.39, 0.29) is 0 Å². The average molecular weight is 175 g/mol. The van der Waals surface area contributed by atoms with Crippen LogP contribution in [-0.4, -0.2) is 35.8 Å². The van der Waals surface area contributed by atoms with E-state index in [2.05, 4.69) is 5.10 Å². The molecule has 0 aromatic rings. The number of hydrogen-bond donors (Lipinski definition) is 1. The molecular formula is C6H13N3OS. The van der Waals surface area contributed by atoms with Gasteiger partial charge in [-0.2, -0.15) is 16.9 Å². The van der Waals surface area contributed by atoms with Gasteiger partial charge in [-0.05, 0) is 13.2 Å². The van der Waals surface area contributed by atoms with E-state index in [0.29, 0.717) is 0 Å². The summed E-state index contributed by atoms with van der Waals surface area (Å²) in [5.41, 5.74) is 5.84. The molecule has 2 amide bonds. The number of urea groups is 1. The Hall–Kier alpha value is -0.710. The van der Waals surface area contributed by atoms with Gasteiger partial charge in [0.25, 0.3) is 0 Å². The monoisotopic (exact) mass is 175 g/mol. The van der Waals surface area contributed by atoms with Gasteiger partial charge < -0.3 is 5.73 Å². The molecule has 0 aromatic heterocycles. The summed E-state index contributed by atoms with van der Waals surface area (Å²) in [4.78, 5) is 10.5. The highest BCUT2D eigenvalue weighted by molar-refractivity contribution is 7.99. The van der Waals surface area contributed by atoms with Crippen LogP contribution in [0.3, 0.4) is 0 Å². The van der Waals surface area contributed by atoms with Crippen molar-refractivity contribution < 1.29 is 4.79 Å². The Morgan fingerprint density at radius 1 is 1.73 bits per heavy atom. The molecule has 0 aliphatic carbocycles. The first kappa shape index (κ1) is 10.3. The lowest BCUT2D eigenvalue weighted by Gasteiger charge is -2.07. The van der Waals surface area contributed by atoms with E-state index in [0.717, 1.165) is 16.5 Å². The van der Waals surface area contributed by atoms with Gasteiger partial charge in [0.05, 0.1) is 0 Å². The number of primary amides is 1. The van der Waals surface area contributed by atoms with Gasteiger partial charge in [-0.25, -0.2) is 9.80 Å². The van der Waals surface area contributed by atoms with E-state index in [4.69, 9.17) is 5.73 Å². The minimum Gasteiger partial charge on any atom is -0.350 e. The van der Waals surface area contributed by atoms with Gasteiger partial charge in [0, 0.05) is 18.5 Å². The lowest BCUT2D eigenvalue weighted by Crippen LogP contribution is -2.28. The average Bonchev–Trinajstić information content (AvgIpc) is 1.87. The second kappa shape index (κ2) is 5.01. The lowest BCUT2D eigenvalue weighted by molar-refractivity contribution is 0.220. The zero-order chi connectivity index (χ0) is 8.85. The number of hydrazone groups is 1. The van der Waals surface area contributed by atoms with Gasteiger partial charge in [-0.15, -0.1) is 0 Å². The summed E-state index contributed by atoms with van der Waals surface area (Å²) in [7, 11) is 1.53. The lowest BCUT2D eigenvalue weighted by atomic mass is 10.5. The third-order valence-corrected chi connectivity index (χ3v) is 1.70. The zero-order valence-corrected chi connectivity index (χ0v) is 7.81. The summed E-state index contributed by atoms with van der Waals surface area (Å²) in [6, 6.07) is -0.537. The number of carbonyl (C=O) groups excluding carboxylic acids is 1. The standard InChI is InChI=1S/C6H13N3OS/c1-5(4-11-3)8-9(2)6(7)10/h4H2,1-3H3,(H2,7,10).